The van der Waals surface area contributed by atoms with E-state index < -0.39 is 0 Å². The lowest BCUT2D eigenvalue weighted by Gasteiger charge is -2.48. The molecular formula is C15H19ClFN. The molecule has 1 N–H and O–H groups in total. The largest absolute Gasteiger partial charge is 0.315 e. The van der Waals surface area contributed by atoms with Crippen molar-refractivity contribution >= 4 is 11.6 Å². The van der Waals surface area contributed by atoms with Crippen LogP contribution in [0.2, 0.25) is 5.02 Å². The predicted octanol–water partition coefficient (Wildman–Crippen LogP) is 3.80. The zero-order valence-corrected chi connectivity index (χ0v) is 11.3. The third-order valence-corrected chi connectivity index (χ3v) is 4.96. The van der Waals surface area contributed by atoms with Crippen molar-refractivity contribution in [2.75, 3.05) is 13.1 Å². The van der Waals surface area contributed by atoms with Crippen molar-refractivity contribution in [3.05, 3.63) is 34.6 Å². The molecule has 0 atom stereocenters. The van der Waals surface area contributed by atoms with Gasteiger partial charge in [0.15, 0.2) is 0 Å². The van der Waals surface area contributed by atoms with Gasteiger partial charge in [0.1, 0.15) is 5.82 Å². The Morgan fingerprint density at radius 2 is 2.00 bits per heavy atom. The summed E-state index contributed by atoms with van der Waals surface area (Å²) in [4.78, 5) is 0. The monoisotopic (exact) mass is 267 g/mol. The summed E-state index contributed by atoms with van der Waals surface area (Å²) in [5.41, 5.74) is 1.07. The van der Waals surface area contributed by atoms with E-state index in [2.05, 4.69) is 5.32 Å². The van der Waals surface area contributed by atoms with Gasteiger partial charge in [-0.3, -0.25) is 0 Å². The first-order valence-electron chi connectivity index (χ1n) is 6.84. The molecule has 98 valence electrons. The molecule has 1 heterocycles. The fraction of sp³-hybridized carbons (Fsp3) is 0.600. The van der Waals surface area contributed by atoms with E-state index in [-0.39, 0.29) is 11.2 Å². The summed E-state index contributed by atoms with van der Waals surface area (Å²) in [6.45, 7) is 2.06. The molecule has 2 aliphatic rings. The van der Waals surface area contributed by atoms with Gasteiger partial charge in [0.25, 0.3) is 0 Å². The Labute approximate surface area is 113 Å². The van der Waals surface area contributed by atoms with Crippen molar-refractivity contribution in [2.45, 2.75) is 32.1 Å². The van der Waals surface area contributed by atoms with Crippen LogP contribution in [0.5, 0.6) is 0 Å². The number of hydrogen-bond donors (Lipinski definition) is 1. The normalized spacial score (nSPS) is 23.0. The van der Waals surface area contributed by atoms with Crippen LogP contribution in [0, 0.1) is 17.2 Å². The molecule has 1 aromatic rings. The van der Waals surface area contributed by atoms with E-state index in [1.807, 2.05) is 0 Å². The van der Waals surface area contributed by atoms with Crippen molar-refractivity contribution in [1.29, 1.82) is 0 Å². The second-order valence-corrected chi connectivity index (χ2v) is 6.30. The van der Waals surface area contributed by atoms with Crippen molar-refractivity contribution in [2.24, 2.45) is 11.3 Å². The topological polar surface area (TPSA) is 12.0 Å². The Bertz CT molecular complexity index is 436. The average molecular weight is 268 g/mol. The minimum Gasteiger partial charge on any atom is -0.315 e. The van der Waals surface area contributed by atoms with Gasteiger partial charge in [-0.1, -0.05) is 24.4 Å². The highest BCUT2D eigenvalue weighted by molar-refractivity contribution is 6.30. The van der Waals surface area contributed by atoms with Crippen LogP contribution in [0.15, 0.2) is 18.2 Å². The molecule has 1 saturated heterocycles. The molecule has 0 amide bonds. The first-order chi connectivity index (χ1) is 8.70. The molecule has 1 aromatic carbocycles. The maximum atomic E-state index is 13.9. The van der Waals surface area contributed by atoms with Gasteiger partial charge in [-0.05, 0) is 48.9 Å². The van der Waals surface area contributed by atoms with Crippen LogP contribution in [0.4, 0.5) is 4.39 Å². The first-order valence-corrected chi connectivity index (χ1v) is 7.22. The van der Waals surface area contributed by atoms with Gasteiger partial charge in [-0.15, -0.1) is 0 Å². The first kappa shape index (κ1) is 12.4. The van der Waals surface area contributed by atoms with E-state index in [4.69, 9.17) is 11.6 Å². The van der Waals surface area contributed by atoms with Crippen molar-refractivity contribution in [3.8, 4) is 0 Å². The van der Waals surface area contributed by atoms with Crippen molar-refractivity contribution < 1.29 is 4.39 Å². The van der Waals surface area contributed by atoms with Gasteiger partial charge in [-0.2, -0.15) is 0 Å². The summed E-state index contributed by atoms with van der Waals surface area (Å²) in [5.74, 6) is 0.654. The van der Waals surface area contributed by atoms with Gasteiger partial charge in [-0.25, -0.2) is 4.39 Å². The maximum absolute atomic E-state index is 13.9. The highest BCUT2D eigenvalue weighted by Gasteiger charge is 2.45. The van der Waals surface area contributed by atoms with Crippen LogP contribution in [-0.2, 0) is 6.42 Å². The second-order valence-electron chi connectivity index (χ2n) is 5.86. The molecule has 0 bridgehead atoms. The Morgan fingerprint density at radius 3 is 2.61 bits per heavy atom. The standard InChI is InChI=1S/C15H19ClFN/c16-13-5-6-14(17)11(7-13)8-15(9-18-10-15)12-3-1-2-4-12/h5-7,12,18H,1-4,8-10H2. The minimum absolute atomic E-state index is 0.108. The summed E-state index contributed by atoms with van der Waals surface area (Å²) < 4.78 is 13.9. The van der Waals surface area contributed by atoms with E-state index in [1.165, 1.54) is 31.7 Å². The molecule has 3 heteroatoms. The van der Waals surface area contributed by atoms with E-state index >= 15 is 0 Å². The van der Waals surface area contributed by atoms with Gasteiger partial charge >= 0.3 is 0 Å². The molecule has 0 spiro atoms. The number of hydrogen-bond acceptors (Lipinski definition) is 1. The summed E-state index contributed by atoms with van der Waals surface area (Å²) >= 11 is 5.98. The van der Waals surface area contributed by atoms with E-state index in [9.17, 15) is 4.39 Å². The summed E-state index contributed by atoms with van der Waals surface area (Å²) in [7, 11) is 0. The SMILES string of the molecule is Fc1ccc(Cl)cc1CC1(C2CCCC2)CNC1. The molecule has 0 aromatic heterocycles. The Balaban J connectivity index is 1.82. The smallest absolute Gasteiger partial charge is 0.126 e. The van der Waals surface area contributed by atoms with Gasteiger partial charge in [0, 0.05) is 23.5 Å². The quantitative estimate of drug-likeness (QED) is 0.878. The molecule has 0 radical (unpaired) electrons. The number of benzene rings is 1. The van der Waals surface area contributed by atoms with Crippen molar-refractivity contribution in [3.63, 3.8) is 0 Å². The van der Waals surface area contributed by atoms with Crippen LogP contribution in [0.25, 0.3) is 0 Å². The van der Waals surface area contributed by atoms with Crippen LogP contribution in [0.1, 0.15) is 31.2 Å². The number of nitrogens with one attached hydrogen (secondary N) is 1. The van der Waals surface area contributed by atoms with Gasteiger partial charge in [0.05, 0.1) is 0 Å². The lowest BCUT2D eigenvalue weighted by molar-refractivity contribution is 0.0801. The fourth-order valence-corrected chi connectivity index (χ4v) is 3.80. The Kier molecular flexibility index (Phi) is 3.33. The Morgan fingerprint density at radius 1 is 1.28 bits per heavy atom. The van der Waals surface area contributed by atoms with Crippen LogP contribution in [-0.4, -0.2) is 13.1 Å². The molecule has 1 saturated carbocycles. The molecule has 0 unspecified atom stereocenters. The lowest BCUT2D eigenvalue weighted by atomic mass is 9.66. The third kappa shape index (κ3) is 2.17. The van der Waals surface area contributed by atoms with Crippen LogP contribution < -0.4 is 5.32 Å². The van der Waals surface area contributed by atoms with Gasteiger partial charge < -0.3 is 5.32 Å². The molecule has 1 aliphatic heterocycles. The molecule has 1 nitrogen and oxygen atoms in total. The highest BCUT2D eigenvalue weighted by atomic mass is 35.5. The minimum atomic E-state index is -0.108. The van der Waals surface area contributed by atoms with E-state index in [1.54, 1.807) is 12.1 Å². The molecule has 2 fully saturated rings. The fourth-order valence-electron chi connectivity index (χ4n) is 3.60. The summed E-state index contributed by atoms with van der Waals surface area (Å²) in [6.07, 6.45) is 6.12. The molecule has 1 aliphatic carbocycles. The van der Waals surface area contributed by atoms with E-state index in [0.29, 0.717) is 5.02 Å². The molecular weight excluding hydrogens is 249 g/mol. The number of halogens is 2. The number of rotatable bonds is 3. The second kappa shape index (κ2) is 4.82. The zero-order chi connectivity index (χ0) is 12.6. The molecule has 3 rings (SSSR count). The van der Waals surface area contributed by atoms with E-state index in [0.717, 1.165) is 31.0 Å². The summed E-state index contributed by atoms with van der Waals surface area (Å²) in [5, 5.41) is 4.02. The maximum Gasteiger partial charge on any atom is 0.126 e. The lowest BCUT2D eigenvalue weighted by Crippen LogP contribution is -2.58. The van der Waals surface area contributed by atoms with Crippen molar-refractivity contribution in [1.82, 2.24) is 5.32 Å². The van der Waals surface area contributed by atoms with Gasteiger partial charge in [0.2, 0.25) is 0 Å². The third-order valence-electron chi connectivity index (χ3n) is 4.73. The predicted molar refractivity (Wildman–Crippen MR) is 72.4 cm³/mol. The zero-order valence-electron chi connectivity index (χ0n) is 10.5. The average Bonchev–Trinajstić information content (AvgIpc) is 2.82. The summed E-state index contributed by atoms with van der Waals surface area (Å²) in [6, 6.07) is 4.92. The molecule has 18 heavy (non-hydrogen) atoms. The van der Waals surface area contributed by atoms with Crippen LogP contribution >= 0.6 is 11.6 Å². The Hall–Kier alpha value is -0.600. The highest BCUT2D eigenvalue weighted by Crippen LogP contribution is 2.45. The van der Waals surface area contributed by atoms with Crippen LogP contribution in [0.3, 0.4) is 0 Å².